The van der Waals surface area contributed by atoms with E-state index in [-0.39, 0.29) is 26.5 Å². The van der Waals surface area contributed by atoms with E-state index in [2.05, 4.69) is 0 Å². The van der Waals surface area contributed by atoms with Crippen molar-refractivity contribution in [3.63, 3.8) is 0 Å². The highest BCUT2D eigenvalue weighted by Crippen LogP contribution is 2.41. The minimum atomic E-state index is -0.931. The van der Waals surface area contributed by atoms with Gasteiger partial charge in [-0.15, -0.1) is 0 Å². The number of halogens is 3. The van der Waals surface area contributed by atoms with Gasteiger partial charge < -0.3 is 5.21 Å². The normalized spacial score (nSPS) is 20.7. The summed E-state index contributed by atoms with van der Waals surface area (Å²) in [7, 11) is 0. The smallest absolute Gasteiger partial charge is 0.319 e. The summed E-state index contributed by atoms with van der Waals surface area (Å²) in [6.07, 6.45) is 0. The van der Waals surface area contributed by atoms with Gasteiger partial charge >= 0.3 is 5.84 Å². The molecule has 0 saturated carbocycles. The van der Waals surface area contributed by atoms with Gasteiger partial charge in [0.1, 0.15) is 11.1 Å². The van der Waals surface area contributed by atoms with Crippen molar-refractivity contribution in [2.75, 3.05) is 0 Å². The van der Waals surface area contributed by atoms with Crippen molar-refractivity contribution in [2.24, 2.45) is 0 Å². The topological polar surface area (TPSA) is 49.2 Å². The van der Waals surface area contributed by atoms with Gasteiger partial charge in [0.2, 0.25) is 0 Å². The maximum atomic E-state index is 12.5. The summed E-state index contributed by atoms with van der Waals surface area (Å²) >= 11 is 18.2. The summed E-state index contributed by atoms with van der Waals surface area (Å²) in [6, 6.07) is 3.03. The highest BCUT2D eigenvalue weighted by Gasteiger charge is 2.60. The third kappa shape index (κ3) is 1.90. The largest absolute Gasteiger partial charge is 0.714 e. The molecule has 0 spiro atoms. The van der Waals surface area contributed by atoms with E-state index >= 15 is 0 Å². The zero-order valence-electron chi connectivity index (χ0n) is 11.5. The molecule has 1 aromatic rings. The molecule has 1 aliphatic rings. The second-order valence-electron chi connectivity index (χ2n) is 5.75. The molecule has 0 aliphatic carbocycles. The molecule has 20 heavy (non-hydrogen) atoms. The molecule has 1 aromatic carbocycles. The Morgan fingerprint density at radius 1 is 1.10 bits per heavy atom. The fourth-order valence-corrected chi connectivity index (χ4v) is 2.74. The number of nitrogens with zero attached hydrogens (tertiary/aromatic N) is 2. The van der Waals surface area contributed by atoms with Crippen LogP contribution in [0.5, 0.6) is 0 Å². The zero-order chi connectivity index (χ0) is 15.5. The Kier molecular flexibility index (Phi) is 3.66. The van der Waals surface area contributed by atoms with E-state index in [9.17, 15) is 10.4 Å². The van der Waals surface area contributed by atoms with Gasteiger partial charge in [0.25, 0.3) is 0 Å². The zero-order valence-corrected chi connectivity index (χ0v) is 13.8. The third-order valence-corrected chi connectivity index (χ3v) is 5.28. The van der Waals surface area contributed by atoms with E-state index in [1.165, 1.54) is 12.1 Å². The first-order valence-corrected chi connectivity index (χ1v) is 7.12. The molecular weight excluding hydrogens is 323 g/mol. The van der Waals surface area contributed by atoms with Gasteiger partial charge in [-0.25, -0.2) is 0 Å². The molecule has 109 valence electrons. The maximum Gasteiger partial charge on any atom is 0.319 e. The summed E-state index contributed by atoms with van der Waals surface area (Å²) in [4.78, 5) is 0. The first-order chi connectivity index (χ1) is 9.03. The first kappa shape index (κ1) is 15.7. The Bertz CT molecular complexity index is 612. The average Bonchev–Trinajstić information content (AvgIpc) is 2.47. The van der Waals surface area contributed by atoms with Crippen LogP contribution in [0.25, 0.3) is 0 Å². The van der Waals surface area contributed by atoms with E-state index in [4.69, 9.17) is 34.8 Å². The van der Waals surface area contributed by atoms with Crippen LogP contribution < -0.4 is 0 Å². The second-order valence-corrected chi connectivity index (χ2v) is 6.94. The lowest BCUT2D eigenvalue weighted by Crippen LogP contribution is -2.53. The summed E-state index contributed by atoms with van der Waals surface area (Å²) in [5.41, 5.74) is -1.69. The van der Waals surface area contributed by atoms with Gasteiger partial charge in [0.15, 0.2) is 5.54 Å². The van der Waals surface area contributed by atoms with Gasteiger partial charge in [-0.1, -0.05) is 39.9 Å². The van der Waals surface area contributed by atoms with Crippen LogP contribution in [-0.2, 0) is 5.21 Å². The minimum Gasteiger partial charge on any atom is -0.714 e. The fraction of sp³-hybridized carbons (Fsp3) is 0.462. The molecule has 0 N–H and O–H groups in total. The highest BCUT2D eigenvalue weighted by molar-refractivity contribution is 6.46. The van der Waals surface area contributed by atoms with Crippen LogP contribution in [0.3, 0.4) is 0 Å². The van der Waals surface area contributed by atoms with E-state index in [0.29, 0.717) is 9.80 Å². The molecule has 2 rings (SSSR count). The van der Waals surface area contributed by atoms with Crippen molar-refractivity contribution in [3.05, 3.63) is 38.0 Å². The number of rotatable bonds is 1. The van der Waals surface area contributed by atoms with Crippen LogP contribution in [0.4, 0.5) is 0 Å². The molecule has 0 unspecified atom stereocenters. The van der Waals surface area contributed by atoms with Crippen molar-refractivity contribution >= 4 is 40.6 Å². The van der Waals surface area contributed by atoms with E-state index < -0.39 is 11.1 Å². The Balaban J connectivity index is 2.77. The Morgan fingerprint density at radius 3 is 2.05 bits per heavy atom. The van der Waals surface area contributed by atoms with Gasteiger partial charge in [0, 0.05) is 5.21 Å². The molecule has 0 atom stereocenters. The predicted molar refractivity (Wildman–Crippen MR) is 79.9 cm³/mol. The monoisotopic (exact) mass is 335 g/mol. The second kappa shape index (κ2) is 4.67. The predicted octanol–water partition coefficient (Wildman–Crippen LogP) is 4.12. The molecule has 4 nitrogen and oxygen atoms in total. The molecule has 1 radical (unpaired) electrons. The van der Waals surface area contributed by atoms with E-state index in [1.807, 2.05) is 0 Å². The van der Waals surface area contributed by atoms with E-state index in [0.717, 1.165) is 0 Å². The van der Waals surface area contributed by atoms with Gasteiger partial charge in [0.05, 0.1) is 15.1 Å². The lowest BCUT2D eigenvalue weighted by molar-refractivity contribution is -0.539. The van der Waals surface area contributed by atoms with Crippen molar-refractivity contribution in [1.82, 2.24) is 5.06 Å². The van der Waals surface area contributed by atoms with Crippen molar-refractivity contribution < 1.29 is 9.95 Å². The molecule has 0 saturated heterocycles. The summed E-state index contributed by atoms with van der Waals surface area (Å²) in [5, 5.41) is 26.3. The van der Waals surface area contributed by atoms with Crippen molar-refractivity contribution in [3.8, 4) is 0 Å². The van der Waals surface area contributed by atoms with Crippen LogP contribution in [0.2, 0.25) is 15.1 Å². The number of hydroxylamine groups is 3. The summed E-state index contributed by atoms with van der Waals surface area (Å²) in [6.45, 7) is 6.79. The van der Waals surface area contributed by atoms with Gasteiger partial charge in [-0.05, 0) is 39.8 Å². The molecule has 1 heterocycles. The fourth-order valence-electron chi connectivity index (χ4n) is 2.04. The first-order valence-electron chi connectivity index (χ1n) is 5.99. The van der Waals surface area contributed by atoms with Gasteiger partial charge in [-0.2, -0.15) is 0 Å². The van der Waals surface area contributed by atoms with Crippen LogP contribution in [0.1, 0.15) is 33.3 Å². The van der Waals surface area contributed by atoms with Crippen LogP contribution >= 0.6 is 34.8 Å². The van der Waals surface area contributed by atoms with Crippen molar-refractivity contribution in [1.29, 1.82) is 0 Å². The molecule has 0 bridgehead atoms. The maximum absolute atomic E-state index is 12.5. The molecule has 1 aliphatic heterocycles. The lowest BCUT2D eigenvalue weighted by Gasteiger charge is -2.32. The Morgan fingerprint density at radius 2 is 1.60 bits per heavy atom. The Hall–Kier alpha value is -0.680. The van der Waals surface area contributed by atoms with Crippen LogP contribution in [-0.4, -0.2) is 26.7 Å². The highest BCUT2D eigenvalue weighted by atomic mass is 35.5. The lowest BCUT2D eigenvalue weighted by atomic mass is 9.84. The molecule has 0 fully saturated rings. The Labute approximate surface area is 132 Å². The van der Waals surface area contributed by atoms with Crippen LogP contribution in [0.15, 0.2) is 12.1 Å². The number of amidine groups is 1. The average molecular weight is 337 g/mol. The molecule has 7 heteroatoms. The van der Waals surface area contributed by atoms with Crippen molar-refractivity contribution in [2.45, 2.75) is 38.8 Å². The number of benzene rings is 1. The standard InChI is InChI=1S/C13H14Cl3N2O2/c1-12(2)13(3,4)18(20)11(17(12)19)9-7(14)5-6-8(15)10(9)16/h5-6H,1-4H3. The summed E-state index contributed by atoms with van der Waals surface area (Å²) < 4.78 is 0.656. The number of hydrogen-bond donors (Lipinski definition) is 0. The molecular formula is C13H14Cl3N2O2. The SMILES string of the molecule is CC1(C)N([O])C(c2c(Cl)ccc(Cl)c2Cl)=[N+]([O-])C1(C)C. The quantitative estimate of drug-likeness (QED) is 0.440. The van der Waals surface area contributed by atoms with Crippen LogP contribution in [0, 0.1) is 5.21 Å². The minimum absolute atomic E-state index is 0.101. The van der Waals surface area contributed by atoms with Gasteiger partial charge in [-0.3, -0.25) is 4.74 Å². The molecule has 0 amide bonds. The molecule has 0 aromatic heterocycles. The third-order valence-electron chi connectivity index (χ3n) is 4.17. The summed E-state index contributed by atoms with van der Waals surface area (Å²) in [5.74, 6) is -0.113. The number of hydrogen-bond acceptors (Lipinski definition) is 2. The van der Waals surface area contributed by atoms with E-state index in [1.54, 1.807) is 27.7 Å².